The van der Waals surface area contributed by atoms with E-state index in [1.807, 2.05) is 50.2 Å². The summed E-state index contributed by atoms with van der Waals surface area (Å²) in [4.78, 5) is 23.2. The van der Waals surface area contributed by atoms with Gasteiger partial charge < -0.3 is 4.90 Å². The largest absolute Gasteiger partial charge is 0.332 e. The first kappa shape index (κ1) is 18.9. The smallest absolute Gasteiger partial charge is 0.267 e. The number of aromatic nitrogens is 2. The Morgan fingerprint density at radius 1 is 1.25 bits per heavy atom. The first-order chi connectivity index (χ1) is 13.3. The predicted octanol–water partition coefficient (Wildman–Crippen LogP) is 4.72. The minimum Gasteiger partial charge on any atom is -0.332 e. The van der Waals surface area contributed by atoms with Crippen molar-refractivity contribution in [1.29, 1.82) is 0 Å². The van der Waals surface area contributed by atoms with Crippen LogP contribution in [-0.2, 0) is 11.2 Å². The lowest BCUT2D eigenvalue weighted by atomic mass is 10.0. The molecule has 4 rings (SSSR count). The molecule has 1 aliphatic heterocycles. The van der Waals surface area contributed by atoms with E-state index in [4.69, 9.17) is 0 Å². The molecule has 0 spiro atoms. The van der Waals surface area contributed by atoms with Gasteiger partial charge >= 0.3 is 0 Å². The SMILES string of the molecule is Cc1cc2sc(N3CC(F)(F)C[C@@H]3C(=O)CCc3ccccc3)nc2nc1C. The molecule has 4 nitrogen and oxygen atoms in total. The normalized spacial score (nSPS) is 18.7. The van der Waals surface area contributed by atoms with Crippen molar-refractivity contribution in [1.82, 2.24) is 9.97 Å². The van der Waals surface area contributed by atoms with Crippen LogP contribution in [0.3, 0.4) is 0 Å². The van der Waals surface area contributed by atoms with Crippen molar-refractivity contribution in [2.45, 2.75) is 45.1 Å². The van der Waals surface area contributed by atoms with Gasteiger partial charge in [0.05, 0.1) is 17.3 Å². The zero-order valence-corrected chi connectivity index (χ0v) is 16.6. The number of nitrogens with zero attached hydrogens (tertiary/aromatic N) is 3. The zero-order chi connectivity index (χ0) is 19.9. The molecule has 1 fully saturated rings. The fourth-order valence-corrected chi connectivity index (χ4v) is 4.60. The first-order valence-corrected chi connectivity index (χ1v) is 10.1. The molecule has 1 aliphatic rings. The number of ketones is 1. The Bertz CT molecular complexity index is 980. The van der Waals surface area contributed by atoms with E-state index in [9.17, 15) is 13.6 Å². The number of hydrogen-bond acceptors (Lipinski definition) is 5. The maximum absolute atomic E-state index is 14.2. The third-order valence-corrected chi connectivity index (χ3v) is 6.23. The number of fused-ring (bicyclic) bond motifs is 1. The van der Waals surface area contributed by atoms with E-state index in [1.165, 1.54) is 16.2 Å². The number of alkyl halides is 2. The summed E-state index contributed by atoms with van der Waals surface area (Å²) in [6.45, 7) is 3.38. The lowest BCUT2D eigenvalue weighted by Crippen LogP contribution is -2.36. The van der Waals surface area contributed by atoms with Crippen LogP contribution in [0.4, 0.5) is 13.9 Å². The van der Waals surface area contributed by atoms with E-state index in [2.05, 4.69) is 9.97 Å². The summed E-state index contributed by atoms with van der Waals surface area (Å²) >= 11 is 1.32. The summed E-state index contributed by atoms with van der Waals surface area (Å²) in [6, 6.07) is 10.7. The molecular formula is C21H21F2N3OS. The number of hydrogen-bond donors (Lipinski definition) is 0. The molecule has 0 amide bonds. The number of pyridine rings is 1. The first-order valence-electron chi connectivity index (χ1n) is 9.28. The van der Waals surface area contributed by atoms with Crippen molar-refractivity contribution in [3.63, 3.8) is 0 Å². The maximum Gasteiger partial charge on any atom is 0.267 e. The number of anilines is 1. The third kappa shape index (κ3) is 3.76. The average Bonchev–Trinajstić information content (AvgIpc) is 3.21. The predicted molar refractivity (Wildman–Crippen MR) is 107 cm³/mol. The summed E-state index contributed by atoms with van der Waals surface area (Å²) in [7, 11) is 0. The third-order valence-electron chi connectivity index (χ3n) is 5.21. The number of carbonyl (C=O) groups is 1. The number of Topliss-reactive ketones (excluding diaryl/α,β-unsaturated/α-hetero) is 1. The van der Waals surface area contributed by atoms with Gasteiger partial charge in [-0.05, 0) is 37.5 Å². The highest BCUT2D eigenvalue weighted by molar-refractivity contribution is 7.22. The van der Waals surface area contributed by atoms with Crippen molar-refractivity contribution < 1.29 is 13.6 Å². The molecule has 0 bridgehead atoms. The highest BCUT2D eigenvalue weighted by Crippen LogP contribution is 2.39. The van der Waals surface area contributed by atoms with Gasteiger partial charge in [-0.15, -0.1) is 0 Å². The number of rotatable bonds is 5. The van der Waals surface area contributed by atoms with Crippen LogP contribution in [0.5, 0.6) is 0 Å². The number of halogens is 2. The molecule has 3 aromatic rings. The van der Waals surface area contributed by atoms with Gasteiger partial charge in [-0.3, -0.25) is 4.79 Å². The molecule has 7 heteroatoms. The average molecular weight is 401 g/mol. The van der Waals surface area contributed by atoms with E-state index in [0.29, 0.717) is 17.2 Å². The van der Waals surface area contributed by atoms with Crippen LogP contribution in [0.1, 0.15) is 29.7 Å². The fraction of sp³-hybridized carbons (Fsp3) is 0.381. The fourth-order valence-electron chi connectivity index (χ4n) is 3.54. The van der Waals surface area contributed by atoms with Gasteiger partial charge in [0.2, 0.25) is 0 Å². The van der Waals surface area contributed by atoms with E-state index < -0.39 is 24.9 Å². The summed E-state index contributed by atoms with van der Waals surface area (Å²) in [5, 5.41) is 0.447. The Labute approximate surface area is 166 Å². The van der Waals surface area contributed by atoms with Gasteiger partial charge in [0.1, 0.15) is 0 Å². The highest BCUT2D eigenvalue weighted by Gasteiger charge is 2.48. The lowest BCUT2D eigenvalue weighted by Gasteiger charge is -2.21. The highest BCUT2D eigenvalue weighted by atomic mass is 32.1. The standard InChI is InChI=1S/C21H21F2N3OS/c1-13-10-18-19(24-14(13)2)25-20(28-18)26-12-21(22,23)11-16(26)17(27)9-8-15-6-4-3-5-7-15/h3-7,10,16H,8-9,11-12H2,1-2H3/t16-/m1/s1. The summed E-state index contributed by atoms with van der Waals surface area (Å²) in [6.07, 6.45) is 0.333. The van der Waals surface area contributed by atoms with Gasteiger partial charge in [-0.2, -0.15) is 4.98 Å². The van der Waals surface area contributed by atoms with E-state index >= 15 is 0 Å². The van der Waals surface area contributed by atoms with Gasteiger partial charge in [-0.1, -0.05) is 41.7 Å². The molecule has 0 radical (unpaired) electrons. The molecule has 1 atom stereocenters. The molecule has 1 aromatic carbocycles. The maximum atomic E-state index is 14.2. The molecular weight excluding hydrogens is 380 g/mol. The molecule has 2 aromatic heterocycles. The molecule has 0 N–H and O–H groups in total. The summed E-state index contributed by atoms with van der Waals surface area (Å²) in [5.41, 5.74) is 3.48. The van der Waals surface area contributed by atoms with Crippen LogP contribution >= 0.6 is 11.3 Å². The lowest BCUT2D eigenvalue weighted by molar-refractivity contribution is -0.120. The molecule has 0 aliphatic carbocycles. The van der Waals surface area contributed by atoms with E-state index in [0.717, 1.165) is 21.5 Å². The number of carbonyl (C=O) groups excluding carboxylic acids is 1. The van der Waals surface area contributed by atoms with Crippen molar-refractivity contribution in [3.8, 4) is 0 Å². The second-order valence-corrected chi connectivity index (χ2v) is 8.37. The molecule has 28 heavy (non-hydrogen) atoms. The molecule has 0 unspecified atom stereocenters. The van der Waals surface area contributed by atoms with Crippen LogP contribution < -0.4 is 4.90 Å². The minimum absolute atomic E-state index is 0.166. The van der Waals surface area contributed by atoms with Crippen LogP contribution in [0.2, 0.25) is 0 Å². The Morgan fingerprint density at radius 3 is 2.75 bits per heavy atom. The van der Waals surface area contributed by atoms with Crippen molar-refractivity contribution in [2.75, 3.05) is 11.4 Å². The monoisotopic (exact) mass is 401 g/mol. The Kier molecular flexibility index (Phi) is 4.87. The number of aryl methyl sites for hydroxylation is 3. The molecule has 3 heterocycles. The number of thiazole rings is 1. The summed E-state index contributed by atoms with van der Waals surface area (Å²) < 4.78 is 29.3. The second kappa shape index (κ2) is 7.20. The Morgan fingerprint density at radius 2 is 2.00 bits per heavy atom. The Balaban J connectivity index is 1.58. The van der Waals surface area contributed by atoms with Crippen LogP contribution in [0.15, 0.2) is 36.4 Å². The van der Waals surface area contributed by atoms with Gasteiger partial charge in [0.15, 0.2) is 16.6 Å². The minimum atomic E-state index is -2.90. The quantitative estimate of drug-likeness (QED) is 0.620. The van der Waals surface area contributed by atoms with Gasteiger partial charge in [0, 0.05) is 18.5 Å². The van der Waals surface area contributed by atoms with Crippen LogP contribution in [0, 0.1) is 13.8 Å². The molecule has 146 valence electrons. The van der Waals surface area contributed by atoms with E-state index in [1.54, 1.807) is 0 Å². The van der Waals surface area contributed by atoms with Crippen molar-refractivity contribution >= 4 is 32.6 Å². The Hall–Kier alpha value is -2.41. The van der Waals surface area contributed by atoms with E-state index in [-0.39, 0.29) is 12.2 Å². The second-order valence-electron chi connectivity index (χ2n) is 7.36. The van der Waals surface area contributed by atoms with Crippen molar-refractivity contribution in [2.24, 2.45) is 0 Å². The summed E-state index contributed by atoms with van der Waals surface area (Å²) in [5.74, 6) is -3.06. The topological polar surface area (TPSA) is 46.1 Å². The molecule has 1 saturated heterocycles. The molecule has 0 saturated carbocycles. The number of benzene rings is 1. The van der Waals surface area contributed by atoms with Crippen LogP contribution in [0.25, 0.3) is 10.3 Å². The van der Waals surface area contributed by atoms with Crippen LogP contribution in [-0.4, -0.2) is 34.3 Å². The van der Waals surface area contributed by atoms with Gasteiger partial charge in [-0.25, -0.2) is 13.8 Å². The van der Waals surface area contributed by atoms with Crippen molar-refractivity contribution in [3.05, 3.63) is 53.2 Å². The zero-order valence-electron chi connectivity index (χ0n) is 15.8. The van der Waals surface area contributed by atoms with Gasteiger partial charge in [0.25, 0.3) is 5.92 Å².